The van der Waals surface area contributed by atoms with Gasteiger partial charge in [-0.2, -0.15) is 0 Å². The zero-order valence-corrected chi connectivity index (χ0v) is 23.6. The number of amides is 3. The lowest BCUT2D eigenvalue weighted by Crippen LogP contribution is -2.47. The fourth-order valence-corrected chi connectivity index (χ4v) is 5.47. The van der Waals surface area contributed by atoms with Crippen LogP contribution >= 0.6 is 0 Å². The van der Waals surface area contributed by atoms with E-state index in [1.54, 1.807) is 4.90 Å². The maximum atomic E-state index is 13.5. The molecule has 8 nitrogen and oxygen atoms in total. The number of hydrogen-bond acceptors (Lipinski definition) is 5. The highest BCUT2D eigenvalue weighted by Crippen LogP contribution is 2.32. The van der Waals surface area contributed by atoms with Crippen molar-refractivity contribution < 1.29 is 19.4 Å². The molecule has 1 aliphatic carbocycles. The van der Waals surface area contributed by atoms with E-state index in [1.807, 2.05) is 67.6 Å². The number of carbonyl (C=O) groups excluding carboxylic acids is 2. The number of nitrogens with one attached hydrogen (secondary N) is 2. The highest BCUT2D eigenvalue weighted by Gasteiger charge is 2.32. The average Bonchev–Trinajstić information content (AvgIpc) is 3.75. The number of benzene rings is 3. The molecule has 0 unspecified atom stereocenters. The second-order valence-electron chi connectivity index (χ2n) is 11.5. The van der Waals surface area contributed by atoms with Crippen molar-refractivity contribution in [3.8, 4) is 5.75 Å². The first kappa shape index (κ1) is 27.9. The van der Waals surface area contributed by atoms with Crippen LogP contribution in [0, 0.1) is 11.8 Å². The summed E-state index contributed by atoms with van der Waals surface area (Å²) in [5.41, 5.74) is 2.01. The predicted octanol–water partition coefficient (Wildman–Crippen LogP) is 4.97. The average molecular weight is 545 g/mol. The number of carbonyl (C=O) groups is 2. The lowest BCUT2D eigenvalue weighted by molar-refractivity contribution is -0.134. The van der Waals surface area contributed by atoms with Gasteiger partial charge in [0.25, 0.3) is 0 Å². The summed E-state index contributed by atoms with van der Waals surface area (Å²) in [4.78, 5) is 30.5. The monoisotopic (exact) mass is 544 g/mol. The van der Waals surface area contributed by atoms with E-state index in [2.05, 4.69) is 29.5 Å². The molecule has 0 saturated heterocycles. The summed E-state index contributed by atoms with van der Waals surface area (Å²) in [5, 5.41) is 17.7. The van der Waals surface area contributed by atoms with Gasteiger partial charge in [0, 0.05) is 42.2 Å². The van der Waals surface area contributed by atoms with Gasteiger partial charge in [-0.25, -0.2) is 4.79 Å². The van der Waals surface area contributed by atoms with Crippen molar-refractivity contribution >= 4 is 34.1 Å². The van der Waals surface area contributed by atoms with Gasteiger partial charge in [-0.1, -0.05) is 43.3 Å². The number of urea groups is 1. The van der Waals surface area contributed by atoms with E-state index in [9.17, 15) is 14.7 Å². The molecule has 5 rings (SSSR count). The Morgan fingerprint density at radius 2 is 1.88 bits per heavy atom. The van der Waals surface area contributed by atoms with E-state index in [0.717, 1.165) is 35.5 Å². The zero-order chi connectivity index (χ0) is 28.2. The Kier molecular flexibility index (Phi) is 8.57. The van der Waals surface area contributed by atoms with Crippen molar-refractivity contribution in [2.45, 2.75) is 45.3 Å². The second-order valence-corrected chi connectivity index (χ2v) is 11.5. The summed E-state index contributed by atoms with van der Waals surface area (Å²) < 4.78 is 6.60. The second kappa shape index (κ2) is 12.3. The summed E-state index contributed by atoms with van der Waals surface area (Å²) in [7, 11) is 2.13. The van der Waals surface area contributed by atoms with E-state index in [4.69, 9.17) is 4.74 Å². The van der Waals surface area contributed by atoms with Gasteiger partial charge in [-0.15, -0.1) is 0 Å². The van der Waals surface area contributed by atoms with Crippen LogP contribution in [0.2, 0.25) is 0 Å². The molecule has 40 heavy (non-hydrogen) atoms. The van der Waals surface area contributed by atoms with Crippen LogP contribution in [0.4, 0.5) is 16.2 Å². The van der Waals surface area contributed by atoms with Gasteiger partial charge in [0.15, 0.2) is 0 Å². The molecule has 0 aromatic heterocycles. The van der Waals surface area contributed by atoms with Crippen molar-refractivity contribution in [3.63, 3.8) is 0 Å². The SMILES string of the molecule is C[C@H](CO)N1C[C@H](C)[C@@H](CN(C)CC2CC2)Oc2ccc(NC(=O)Nc3cccc4ccccc34)cc2CC1=O. The molecule has 8 heteroatoms. The molecule has 1 fully saturated rings. The Bertz CT molecular complexity index is 1350. The van der Waals surface area contributed by atoms with E-state index in [0.29, 0.717) is 23.5 Å². The van der Waals surface area contributed by atoms with Crippen LogP contribution in [0.5, 0.6) is 5.75 Å². The molecule has 0 bridgehead atoms. The molecule has 0 radical (unpaired) electrons. The van der Waals surface area contributed by atoms with Gasteiger partial charge in [0.1, 0.15) is 11.9 Å². The number of ether oxygens (including phenoxy) is 1. The maximum absolute atomic E-state index is 13.5. The van der Waals surface area contributed by atoms with Crippen LogP contribution in [0.1, 0.15) is 32.3 Å². The van der Waals surface area contributed by atoms with E-state index in [-0.39, 0.29) is 43.0 Å². The van der Waals surface area contributed by atoms with Crippen molar-refractivity contribution in [1.29, 1.82) is 0 Å². The molecule has 212 valence electrons. The van der Waals surface area contributed by atoms with Crippen LogP contribution < -0.4 is 15.4 Å². The molecule has 0 spiro atoms. The molecule has 3 aromatic rings. The molecule has 1 aliphatic heterocycles. The Labute approximate surface area is 236 Å². The number of nitrogens with zero attached hydrogens (tertiary/aromatic N) is 2. The zero-order valence-electron chi connectivity index (χ0n) is 23.6. The molecular weight excluding hydrogens is 504 g/mol. The van der Waals surface area contributed by atoms with Gasteiger partial charge >= 0.3 is 6.03 Å². The molecule has 3 atom stereocenters. The number of aliphatic hydroxyl groups excluding tert-OH is 1. The van der Waals surface area contributed by atoms with Gasteiger partial charge in [-0.3, -0.25) is 4.79 Å². The first-order valence-electron chi connectivity index (χ1n) is 14.2. The van der Waals surface area contributed by atoms with Crippen LogP contribution in [0.15, 0.2) is 60.7 Å². The standard InChI is InChI=1S/C32H40N4O4/c1-21-17-36(22(2)20-37)31(38)16-25-15-26(13-14-29(25)40-30(21)19-35(3)18-23-11-12-23)33-32(39)34-28-10-6-8-24-7-4-5-9-27(24)28/h4-10,13-15,21-23,30,37H,11-12,16-20H2,1-3H3,(H2,33,34,39)/t21-,22+,30+/m0/s1. The smallest absolute Gasteiger partial charge is 0.323 e. The Morgan fingerprint density at radius 1 is 1.10 bits per heavy atom. The number of anilines is 2. The molecule has 3 aromatic carbocycles. The van der Waals surface area contributed by atoms with Crippen molar-refractivity contribution in [1.82, 2.24) is 9.80 Å². The van der Waals surface area contributed by atoms with Crippen LogP contribution in [0.3, 0.4) is 0 Å². The van der Waals surface area contributed by atoms with Crippen molar-refractivity contribution in [3.05, 3.63) is 66.2 Å². The highest BCUT2D eigenvalue weighted by molar-refractivity contribution is 6.06. The van der Waals surface area contributed by atoms with Crippen LogP contribution in [-0.4, -0.2) is 72.3 Å². The first-order valence-corrected chi connectivity index (χ1v) is 14.2. The maximum Gasteiger partial charge on any atom is 0.323 e. The summed E-state index contributed by atoms with van der Waals surface area (Å²) in [6.45, 7) is 6.18. The Hall–Kier alpha value is -3.62. The predicted molar refractivity (Wildman–Crippen MR) is 159 cm³/mol. The van der Waals surface area contributed by atoms with Crippen LogP contribution in [-0.2, 0) is 11.2 Å². The minimum Gasteiger partial charge on any atom is -0.488 e. The van der Waals surface area contributed by atoms with Crippen LogP contribution in [0.25, 0.3) is 10.8 Å². The summed E-state index contributed by atoms with van der Waals surface area (Å²) in [6, 6.07) is 18.5. The fraction of sp³-hybridized carbons (Fsp3) is 0.438. The lowest BCUT2D eigenvalue weighted by atomic mass is 10.0. The van der Waals surface area contributed by atoms with Gasteiger partial charge < -0.3 is 30.3 Å². The summed E-state index contributed by atoms with van der Waals surface area (Å²) in [6.07, 6.45) is 2.57. The summed E-state index contributed by atoms with van der Waals surface area (Å²) >= 11 is 0. The largest absolute Gasteiger partial charge is 0.488 e. The molecule has 1 heterocycles. The molecule has 1 saturated carbocycles. The summed E-state index contributed by atoms with van der Waals surface area (Å²) in [5.74, 6) is 1.42. The van der Waals surface area contributed by atoms with Crippen molar-refractivity contribution in [2.24, 2.45) is 11.8 Å². The lowest BCUT2D eigenvalue weighted by Gasteiger charge is -2.34. The molecule has 3 N–H and O–H groups in total. The molecular formula is C32H40N4O4. The third kappa shape index (κ3) is 6.74. The third-order valence-corrected chi connectivity index (χ3v) is 7.97. The Morgan fingerprint density at radius 3 is 2.65 bits per heavy atom. The van der Waals surface area contributed by atoms with Gasteiger partial charge in [0.2, 0.25) is 5.91 Å². The number of rotatable bonds is 8. The first-order chi connectivity index (χ1) is 19.3. The third-order valence-electron chi connectivity index (χ3n) is 7.97. The van der Waals surface area contributed by atoms with E-state index < -0.39 is 0 Å². The van der Waals surface area contributed by atoms with Crippen molar-refractivity contribution in [2.75, 3.05) is 43.9 Å². The highest BCUT2D eigenvalue weighted by atomic mass is 16.5. The molecule has 2 aliphatic rings. The topological polar surface area (TPSA) is 94.1 Å². The quantitative estimate of drug-likeness (QED) is 0.372. The minimum atomic E-state index is -0.365. The number of hydrogen-bond donors (Lipinski definition) is 3. The number of aliphatic hydroxyl groups is 1. The van der Waals surface area contributed by atoms with E-state index in [1.165, 1.54) is 12.8 Å². The Balaban J connectivity index is 1.37. The van der Waals surface area contributed by atoms with Gasteiger partial charge in [0.05, 0.1) is 24.8 Å². The minimum absolute atomic E-state index is 0.0647. The normalized spacial score (nSPS) is 20.2. The number of likely N-dealkylation sites (N-methyl/N-ethyl adjacent to an activating group) is 1. The van der Waals surface area contributed by atoms with Gasteiger partial charge in [-0.05, 0) is 62.4 Å². The molecule has 3 amide bonds. The number of fused-ring (bicyclic) bond motifs is 2. The van der Waals surface area contributed by atoms with E-state index >= 15 is 0 Å². The fourth-order valence-electron chi connectivity index (χ4n) is 5.47.